The van der Waals surface area contributed by atoms with E-state index < -0.39 is 91.3 Å². The van der Waals surface area contributed by atoms with Gasteiger partial charge in [0, 0.05) is 12.8 Å². The molecule has 0 aliphatic carbocycles. The molecular formula is C32H42N6O8. The highest BCUT2D eigenvalue weighted by atomic mass is 16.3. The van der Waals surface area contributed by atoms with Gasteiger partial charge in [0.25, 0.3) is 0 Å². The molecule has 1 aliphatic heterocycles. The number of hydrogen-bond acceptors (Lipinski definition) is 8. The van der Waals surface area contributed by atoms with Gasteiger partial charge >= 0.3 is 0 Å². The minimum atomic E-state index is -1.48. The molecule has 6 amide bonds. The van der Waals surface area contributed by atoms with E-state index in [9.17, 15) is 39.0 Å². The zero-order valence-corrected chi connectivity index (χ0v) is 25.8. The van der Waals surface area contributed by atoms with Gasteiger partial charge in [-0.05, 0) is 17.0 Å². The van der Waals surface area contributed by atoms with Crippen molar-refractivity contribution in [2.45, 2.75) is 63.3 Å². The second kappa shape index (κ2) is 17.6. The van der Waals surface area contributed by atoms with Crippen molar-refractivity contribution in [1.82, 2.24) is 31.9 Å². The molecule has 1 heterocycles. The van der Waals surface area contributed by atoms with Crippen LogP contribution in [0.1, 0.15) is 31.4 Å². The van der Waals surface area contributed by atoms with Crippen LogP contribution in [0.2, 0.25) is 0 Å². The molecule has 0 radical (unpaired) electrons. The molecular weight excluding hydrogens is 596 g/mol. The number of hydrogen-bond donors (Lipinski definition) is 8. The van der Waals surface area contributed by atoms with Gasteiger partial charge in [-0.15, -0.1) is 0 Å². The predicted molar refractivity (Wildman–Crippen MR) is 167 cm³/mol. The maximum Gasteiger partial charge on any atom is 0.245 e. The van der Waals surface area contributed by atoms with Crippen LogP contribution in [0.3, 0.4) is 0 Å². The lowest BCUT2D eigenvalue weighted by molar-refractivity contribution is -0.137. The van der Waals surface area contributed by atoms with E-state index in [4.69, 9.17) is 0 Å². The highest BCUT2D eigenvalue weighted by Crippen LogP contribution is 2.12. The van der Waals surface area contributed by atoms with E-state index in [1.165, 1.54) is 0 Å². The summed E-state index contributed by atoms with van der Waals surface area (Å²) in [5.74, 6) is -5.17. The SMILES string of the molecule is CCC(C)C1NC(=O)C(CO)NC(=O)CNC(=O)C(CO)NC(=O)C(Cc2ccccc2)NC(=O)C(Cc2ccccc2)NC1=O. The summed E-state index contributed by atoms with van der Waals surface area (Å²) < 4.78 is 0. The van der Waals surface area contributed by atoms with E-state index in [1.54, 1.807) is 67.6 Å². The number of aliphatic hydroxyl groups is 2. The average molecular weight is 639 g/mol. The van der Waals surface area contributed by atoms with E-state index in [1.807, 2.05) is 6.92 Å². The molecule has 248 valence electrons. The molecule has 6 unspecified atom stereocenters. The maximum absolute atomic E-state index is 13.9. The zero-order chi connectivity index (χ0) is 33.6. The fourth-order valence-electron chi connectivity index (χ4n) is 4.80. The third kappa shape index (κ3) is 10.4. The van der Waals surface area contributed by atoms with Gasteiger partial charge in [0.2, 0.25) is 35.4 Å². The molecule has 14 nitrogen and oxygen atoms in total. The first-order valence-corrected chi connectivity index (χ1v) is 15.1. The summed E-state index contributed by atoms with van der Waals surface area (Å²) in [6.07, 6.45) is 0.512. The lowest BCUT2D eigenvalue weighted by atomic mass is 9.96. The fourth-order valence-corrected chi connectivity index (χ4v) is 4.80. The van der Waals surface area contributed by atoms with Crippen LogP contribution < -0.4 is 31.9 Å². The number of carbonyl (C=O) groups is 6. The van der Waals surface area contributed by atoms with E-state index in [-0.39, 0.29) is 12.8 Å². The Morgan fingerprint density at radius 3 is 1.52 bits per heavy atom. The molecule has 0 spiro atoms. The lowest BCUT2D eigenvalue weighted by Gasteiger charge is -2.29. The number of carbonyl (C=O) groups excluding carboxylic acids is 6. The number of nitrogens with one attached hydrogen (secondary N) is 6. The molecule has 1 saturated heterocycles. The minimum Gasteiger partial charge on any atom is -0.394 e. The van der Waals surface area contributed by atoms with Gasteiger partial charge in [-0.3, -0.25) is 28.8 Å². The van der Waals surface area contributed by atoms with Crippen LogP contribution in [0, 0.1) is 5.92 Å². The second-order valence-corrected chi connectivity index (χ2v) is 11.1. The third-order valence-electron chi connectivity index (χ3n) is 7.70. The number of benzene rings is 2. The highest BCUT2D eigenvalue weighted by Gasteiger charge is 2.34. The Hall–Kier alpha value is -4.82. The molecule has 2 aromatic carbocycles. The van der Waals surface area contributed by atoms with Gasteiger partial charge in [0.1, 0.15) is 30.2 Å². The minimum absolute atomic E-state index is 0.0146. The Morgan fingerprint density at radius 1 is 0.609 bits per heavy atom. The molecule has 1 fully saturated rings. The van der Waals surface area contributed by atoms with Crippen molar-refractivity contribution in [1.29, 1.82) is 0 Å². The first-order valence-electron chi connectivity index (χ1n) is 15.1. The average Bonchev–Trinajstić information content (AvgIpc) is 3.06. The number of rotatable bonds is 8. The van der Waals surface area contributed by atoms with Crippen molar-refractivity contribution in [3.8, 4) is 0 Å². The van der Waals surface area contributed by atoms with Gasteiger partial charge in [-0.2, -0.15) is 0 Å². The lowest BCUT2D eigenvalue weighted by Crippen LogP contribution is -2.62. The van der Waals surface area contributed by atoms with Gasteiger partial charge in [0.15, 0.2) is 0 Å². The van der Waals surface area contributed by atoms with E-state index in [0.29, 0.717) is 17.5 Å². The first kappa shape index (κ1) is 35.7. The Bertz CT molecular complexity index is 1360. The summed E-state index contributed by atoms with van der Waals surface area (Å²) in [6, 6.07) is 11.2. The van der Waals surface area contributed by atoms with Crippen LogP contribution in [-0.2, 0) is 41.6 Å². The molecule has 0 bridgehead atoms. The first-order chi connectivity index (χ1) is 22.1. The van der Waals surface area contributed by atoms with Crippen molar-refractivity contribution in [2.24, 2.45) is 5.92 Å². The van der Waals surface area contributed by atoms with Crippen LogP contribution in [0.4, 0.5) is 0 Å². The summed E-state index contributed by atoms with van der Waals surface area (Å²) in [5, 5.41) is 34.7. The topological polar surface area (TPSA) is 215 Å². The maximum atomic E-state index is 13.9. The number of amides is 6. The smallest absolute Gasteiger partial charge is 0.245 e. The van der Waals surface area contributed by atoms with Gasteiger partial charge in [-0.25, -0.2) is 0 Å². The standard InChI is InChI=1S/C32H42N6O8/c1-3-19(2)27-32(46)36-23(15-21-12-8-5-9-13-21)29(43)35-22(14-20-10-6-4-7-11-20)30(44)37-24(17-39)28(42)33-16-26(41)34-25(18-40)31(45)38-27/h4-13,19,22-25,27,39-40H,3,14-18H2,1-2H3,(H,33,42)(H,34,41)(H,35,43)(H,36,46)(H,37,44)(H,38,45). The predicted octanol–water partition coefficient (Wildman–Crippen LogP) is -1.94. The zero-order valence-electron chi connectivity index (χ0n) is 25.8. The Balaban J connectivity index is 2.03. The molecule has 0 aromatic heterocycles. The Morgan fingerprint density at radius 2 is 1.04 bits per heavy atom. The molecule has 0 saturated carbocycles. The summed E-state index contributed by atoms with van der Waals surface area (Å²) in [6.45, 7) is 1.26. The molecule has 8 N–H and O–H groups in total. The quantitative estimate of drug-likeness (QED) is 0.162. The van der Waals surface area contributed by atoms with Gasteiger partial charge in [-0.1, -0.05) is 80.9 Å². The molecule has 14 heteroatoms. The summed E-state index contributed by atoms with van der Waals surface area (Å²) in [4.78, 5) is 79.5. The summed E-state index contributed by atoms with van der Waals surface area (Å²) in [7, 11) is 0. The van der Waals surface area contributed by atoms with Crippen LogP contribution in [-0.4, -0.2) is 95.6 Å². The van der Waals surface area contributed by atoms with Crippen molar-refractivity contribution < 1.29 is 39.0 Å². The Labute approximate surface area is 267 Å². The normalized spacial score (nSPS) is 24.6. The van der Waals surface area contributed by atoms with Gasteiger partial charge < -0.3 is 42.1 Å². The van der Waals surface area contributed by atoms with Crippen LogP contribution in [0.25, 0.3) is 0 Å². The van der Waals surface area contributed by atoms with Crippen molar-refractivity contribution >= 4 is 35.4 Å². The van der Waals surface area contributed by atoms with Crippen molar-refractivity contribution in [3.05, 3.63) is 71.8 Å². The van der Waals surface area contributed by atoms with E-state index >= 15 is 0 Å². The molecule has 3 rings (SSSR count). The Kier molecular flexibility index (Phi) is 13.7. The monoisotopic (exact) mass is 638 g/mol. The fraction of sp³-hybridized carbons (Fsp3) is 0.438. The van der Waals surface area contributed by atoms with E-state index in [2.05, 4.69) is 31.9 Å². The van der Waals surface area contributed by atoms with Crippen LogP contribution >= 0.6 is 0 Å². The van der Waals surface area contributed by atoms with Crippen molar-refractivity contribution in [3.63, 3.8) is 0 Å². The van der Waals surface area contributed by atoms with E-state index in [0.717, 1.165) is 0 Å². The van der Waals surface area contributed by atoms with Crippen molar-refractivity contribution in [2.75, 3.05) is 19.8 Å². The molecule has 1 aliphatic rings. The third-order valence-corrected chi connectivity index (χ3v) is 7.70. The van der Waals surface area contributed by atoms with Crippen LogP contribution in [0.15, 0.2) is 60.7 Å². The van der Waals surface area contributed by atoms with Gasteiger partial charge in [0.05, 0.1) is 19.8 Å². The van der Waals surface area contributed by atoms with Crippen LogP contribution in [0.5, 0.6) is 0 Å². The summed E-state index contributed by atoms with van der Waals surface area (Å²) in [5.41, 5.74) is 1.40. The highest BCUT2D eigenvalue weighted by molar-refractivity contribution is 5.97. The second-order valence-electron chi connectivity index (χ2n) is 11.1. The summed E-state index contributed by atoms with van der Waals surface area (Å²) >= 11 is 0. The molecule has 46 heavy (non-hydrogen) atoms. The largest absolute Gasteiger partial charge is 0.394 e. The number of aliphatic hydroxyl groups excluding tert-OH is 2. The molecule has 2 aromatic rings. The molecule has 6 atom stereocenters.